The molecule has 1 aromatic carbocycles. The minimum Gasteiger partial charge on any atom is -0.261 e. The Morgan fingerprint density at radius 1 is 1.54 bits per heavy atom. The molecule has 1 aromatic rings. The van der Waals surface area contributed by atoms with Gasteiger partial charge in [0, 0.05) is 6.21 Å². The summed E-state index contributed by atoms with van der Waals surface area (Å²) in [6, 6.07) is 7.69. The van der Waals surface area contributed by atoms with Crippen LogP contribution in [0.4, 0.5) is 5.69 Å². The fourth-order valence-electron chi connectivity index (χ4n) is 1.20. The van der Waals surface area contributed by atoms with Crippen molar-refractivity contribution in [2.45, 2.75) is 20.3 Å². The standard InChI is InChI=1S/C11H12N2/c1-3-10-7-9(8-12)5-6-11(10)13-4-2/h4-7H,3H2,1-2H3. The van der Waals surface area contributed by atoms with Crippen LogP contribution in [0.2, 0.25) is 0 Å². The molecule has 0 atom stereocenters. The molecule has 0 bridgehead atoms. The molecule has 0 aliphatic carbocycles. The monoisotopic (exact) mass is 172 g/mol. The average molecular weight is 172 g/mol. The van der Waals surface area contributed by atoms with Crippen molar-refractivity contribution in [3.63, 3.8) is 0 Å². The molecule has 66 valence electrons. The first-order valence-corrected chi connectivity index (χ1v) is 4.33. The lowest BCUT2D eigenvalue weighted by Gasteiger charge is -2.01. The molecule has 0 saturated carbocycles. The van der Waals surface area contributed by atoms with Crippen LogP contribution in [0.5, 0.6) is 0 Å². The number of nitrogens with zero attached hydrogens (tertiary/aromatic N) is 2. The Balaban J connectivity index is 3.17. The van der Waals surface area contributed by atoms with Gasteiger partial charge in [-0.2, -0.15) is 5.26 Å². The van der Waals surface area contributed by atoms with E-state index in [-0.39, 0.29) is 0 Å². The topological polar surface area (TPSA) is 36.1 Å². The van der Waals surface area contributed by atoms with Crippen molar-refractivity contribution in [3.05, 3.63) is 29.3 Å². The minimum absolute atomic E-state index is 0.701. The van der Waals surface area contributed by atoms with Crippen LogP contribution in [-0.2, 0) is 6.42 Å². The predicted molar refractivity (Wildman–Crippen MR) is 54.4 cm³/mol. The van der Waals surface area contributed by atoms with Gasteiger partial charge in [-0.1, -0.05) is 6.92 Å². The SMILES string of the molecule is CC=Nc1ccc(C#N)cc1CC. The maximum absolute atomic E-state index is 8.69. The van der Waals surface area contributed by atoms with Crippen LogP contribution >= 0.6 is 0 Å². The summed E-state index contributed by atoms with van der Waals surface area (Å²) >= 11 is 0. The zero-order valence-corrected chi connectivity index (χ0v) is 7.91. The van der Waals surface area contributed by atoms with Crippen molar-refractivity contribution in [2.75, 3.05) is 0 Å². The van der Waals surface area contributed by atoms with Gasteiger partial charge in [0.05, 0.1) is 17.3 Å². The molecule has 0 amide bonds. The summed E-state index contributed by atoms with van der Waals surface area (Å²) in [6.45, 7) is 3.95. The van der Waals surface area contributed by atoms with E-state index in [2.05, 4.69) is 18.0 Å². The maximum atomic E-state index is 8.69. The Labute approximate surface area is 78.5 Å². The average Bonchev–Trinajstić information content (AvgIpc) is 2.19. The second-order valence-electron chi connectivity index (χ2n) is 2.70. The normalized spacial score (nSPS) is 10.2. The molecule has 2 nitrogen and oxygen atoms in total. The first-order valence-electron chi connectivity index (χ1n) is 4.33. The first kappa shape index (κ1) is 9.47. The van der Waals surface area contributed by atoms with Gasteiger partial charge in [0.2, 0.25) is 0 Å². The Hall–Kier alpha value is -1.62. The molecule has 0 N–H and O–H groups in total. The lowest BCUT2D eigenvalue weighted by atomic mass is 10.1. The number of benzene rings is 1. The maximum Gasteiger partial charge on any atom is 0.0991 e. The van der Waals surface area contributed by atoms with Gasteiger partial charge in [-0.25, -0.2) is 0 Å². The Bertz CT molecular complexity index is 359. The van der Waals surface area contributed by atoms with Gasteiger partial charge in [-0.05, 0) is 37.1 Å². The van der Waals surface area contributed by atoms with Crippen LogP contribution in [-0.4, -0.2) is 6.21 Å². The Morgan fingerprint density at radius 3 is 2.85 bits per heavy atom. The van der Waals surface area contributed by atoms with Crippen LogP contribution in [0.3, 0.4) is 0 Å². The number of rotatable bonds is 2. The van der Waals surface area contributed by atoms with Gasteiger partial charge < -0.3 is 0 Å². The third-order valence-electron chi connectivity index (χ3n) is 1.86. The molecule has 1 rings (SSSR count). The smallest absolute Gasteiger partial charge is 0.0991 e. The lowest BCUT2D eigenvalue weighted by molar-refractivity contribution is 1.13. The molecule has 0 saturated heterocycles. The van der Waals surface area contributed by atoms with E-state index in [0.717, 1.165) is 17.7 Å². The summed E-state index contributed by atoms with van der Waals surface area (Å²) in [5, 5.41) is 8.69. The van der Waals surface area contributed by atoms with Crippen LogP contribution < -0.4 is 0 Å². The Kier molecular flexibility index (Phi) is 3.22. The van der Waals surface area contributed by atoms with Gasteiger partial charge in [0.15, 0.2) is 0 Å². The molecule has 0 aliphatic rings. The number of nitriles is 1. The third kappa shape index (κ3) is 2.16. The molecule has 0 spiro atoms. The van der Waals surface area contributed by atoms with Gasteiger partial charge in [-0.3, -0.25) is 4.99 Å². The van der Waals surface area contributed by atoms with Crippen LogP contribution in [0.1, 0.15) is 25.0 Å². The predicted octanol–water partition coefficient (Wildman–Crippen LogP) is 2.84. The third-order valence-corrected chi connectivity index (χ3v) is 1.86. The van der Waals surface area contributed by atoms with E-state index in [1.807, 2.05) is 19.1 Å². The van der Waals surface area contributed by atoms with Crippen molar-refractivity contribution in [1.29, 1.82) is 5.26 Å². The molecule has 0 aromatic heterocycles. The molecule has 0 heterocycles. The highest BCUT2D eigenvalue weighted by Crippen LogP contribution is 2.20. The second-order valence-corrected chi connectivity index (χ2v) is 2.70. The molecule has 0 aliphatic heterocycles. The van der Waals surface area contributed by atoms with E-state index in [9.17, 15) is 0 Å². The zero-order chi connectivity index (χ0) is 9.68. The van der Waals surface area contributed by atoms with Crippen molar-refractivity contribution in [3.8, 4) is 6.07 Å². The molecule has 0 radical (unpaired) electrons. The summed E-state index contributed by atoms with van der Waals surface area (Å²) < 4.78 is 0. The summed E-state index contributed by atoms with van der Waals surface area (Å²) in [5.41, 5.74) is 2.79. The zero-order valence-electron chi connectivity index (χ0n) is 7.91. The van der Waals surface area contributed by atoms with E-state index >= 15 is 0 Å². The summed E-state index contributed by atoms with van der Waals surface area (Å²) in [7, 11) is 0. The van der Waals surface area contributed by atoms with E-state index in [4.69, 9.17) is 5.26 Å². The van der Waals surface area contributed by atoms with Crippen molar-refractivity contribution < 1.29 is 0 Å². The quantitative estimate of drug-likeness (QED) is 0.632. The first-order chi connectivity index (χ1) is 6.31. The van der Waals surface area contributed by atoms with E-state index in [0.29, 0.717) is 5.56 Å². The number of aliphatic imine (C=N–C) groups is 1. The van der Waals surface area contributed by atoms with Gasteiger partial charge >= 0.3 is 0 Å². The van der Waals surface area contributed by atoms with Crippen molar-refractivity contribution in [2.24, 2.45) is 4.99 Å². The van der Waals surface area contributed by atoms with Crippen LogP contribution in [0, 0.1) is 11.3 Å². The summed E-state index contributed by atoms with van der Waals surface area (Å²) in [6.07, 6.45) is 2.67. The largest absolute Gasteiger partial charge is 0.261 e. The molecule has 13 heavy (non-hydrogen) atoms. The molecule has 0 unspecified atom stereocenters. The van der Waals surface area contributed by atoms with Crippen molar-refractivity contribution in [1.82, 2.24) is 0 Å². The second kappa shape index (κ2) is 4.42. The molecule has 0 fully saturated rings. The van der Waals surface area contributed by atoms with Gasteiger partial charge in [0.25, 0.3) is 0 Å². The highest BCUT2D eigenvalue weighted by Gasteiger charge is 1.99. The number of hydrogen-bond acceptors (Lipinski definition) is 2. The summed E-state index contributed by atoms with van der Waals surface area (Å²) in [4.78, 5) is 4.22. The summed E-state index contributed by atoms with van der Waals surface area (Å²) in [5.74, 6) is 0. The highest BCUT2D eigenvalue weighted by atomic mass is 14.7. The molecular weight excluding hydrogens is 160 g/mol. The van der Waals surface area contributed by atoms with Crippen molar-refractivity contribution >= 4 is 11.9 Å². The van der Waals surface area contributed by atoms with E-state index in [1.54, 1.807) is 12.3 Å². The molecular formula is C11H12N2. The highest BCUT2D eigenvalue weighted by molar-refractivity contribution is 5.63. The fourth-order valence-corrected chi connectivity index (χ4v) is 1.20. The Morgan fingerprint density at radius 2 is 2.31 bits per heavy atom. The number of hydrogen-bond donors (Lipinski definition) is 0. The number of aryl methyl sites for hydroxylation is 1. The van der Waals surface area contributed by atoms with E-state index < -0.39 is 0 Å². The van der Waals surface area contributed by atoms with Crippen LogP contribution in [0.25, 0.3) is 0 Å². The lowest BCUT2D eigenvalue weighted by Crippen LogP contribution is -1.83. The van der Waals surface area contributed by atoms with Gasteiger partial charge in [-0.15, -0.1) is 0 Å². The minimum atomic E-state index is 0.701. The van der Waals surface area contributed by atoms with Crippen LogP contribution in [0.15, 0.2) is 23.2 Å². The fraction of sp³-hybridized carbons (Fsp3) is 0.273. The van der Waals surface area contributed by atoms with Gasteiger partial charge in [0.1, 0.15) is 0 Å². The van der Waals surface area contributed by atoms with E-state index in [1.165, 1.54) is 0 Å². The molecule has 2 heteroatoms.